The van der Waals surface area contributed by atoms with E-state index in [0.717, 1.165) is 43.1 Å². The molecule has 136 valence electrons. The Labute approximate surface area is 148 Å². The summed E-state index contributed by atoms with van der Waals surface area (Å²) in [6.07, 6.45) is 11.4. The monoisotopic (exact) mass is 331 g/mol. The standard InChI is InChI=1S/C22H37NO/c1-20-11-8-16(23(4)5)14-15(20)6-7-18-17(20)9-12-22(3)19(24)10-13-21(18,22)2/h15-18H,6-14H2,1-5H3/t15?,16-,17?,18+,20-,21-,22+/m0/s1. The third-order valence-electron chi connectivity index (χ3n) is 9.92. The number of nitrogens with zero attached hydrogens (tertiary/aromatic N) is 1. The Kier molecular flexibility index (Phi) is 3.78. The summed E-state index contributed by atoms with van der Waals surface area (Å²) in [6, 6.07) is 0.789. The highest BCUT2D eigenvalue weighted by molar-refractivity contribution is 5.88. The first-order chi connectivity index (χ1) is 11.2. The number of rotatable bonds is 1. The zero-order valence-electron chi connectivity index (χ0n) is 16.5. The molecule has 24 heavy (non-hydrogen) atoms. The minimum Gasteiger partial charge on any atom is -0.306 e. The van der Waals surface area contributed by atoms with Gasteiger partial charge < -0.3 is 4.90 Å². The maximum Gasteiger partial charge on any atom is 0.139 e. The molecule has 7 atom stereocenters. The first-order valence-corrected chi connectivity index (χ1v) is 10.4. The van der Waals surface area contributed by atoms with Crippen molar-refractivity contribution in [2.75, 3.05) is 14.1 Å². The zero-order chi connectivity index (χ0) is 17.3. The quantitative estimate of drug-likeness (QED) is 0.680. The van der Waals surface area contributed by atoms with Crippen LogP contribution in [0.3, 0.4) is 0 Å². The molecule has 4 rings (SSSR count). The molecule has 0 amide bonds. The smallest absolute Gasteiger partial charge is 0.139 e. The van der Waals surface area contributed by atoms with Crippen LogP contribution in [0.2, 0.25) is 0 Å². The van der Waals surface area contributed by atoms with E-state index in [4.69, 9.17) is 0 Å². The van der Waals surface area contributed by atoms with Crippen LogP contribution >= 0.6 is 0 Å². The van der Waals surface area contributed by atoms with Gasteiger partial charge in [-0.05, 0) is 94.0 Å². The zero-order valence-corrected chi connectivity index (χ0v) is 16.5. The minimum absolute atomic E-state index is 0.0157. The molecule has 4 fully saturated rings. The van der Waals surface area contributed by atoms with Crippen LogP contribution in [-0.2, 0) is 4.79 Å². The van der Waals surface area contributed by atoms with Gasteiger partial charge in [0.2, 0.25) is 0 Å². The van der Waals surface area contributed by atoms with Crippen LogP contribution in [0.25, 0.3) is 0 Å². The van der Waals surface area contributed by atoms with Crippen LogP contribution in [0.4, 0.5) is 0 Å². The third kappa shape index (κ3) is 2.01. The Bertz CT molecular complexity index is 542. The van der Waals surface area contributed by atoms with Crippen LogP contribution < -0.4 is 0 Å². The summed E-state index contributed by atoms with van der Waals surface area (Å²) in [5, 5.41) is 0. The molecule has 2 heteroatoms. The Morgan fingerprint density at radius 1 is 0.917 bits per heavy atom. The van der Waals surface area contributed by atoms with E-state index in [1.807, 2.05) is 0 Å². The number of Topliss-reactive ketones (excluding diaryl/α,β-unsaturated/α-hetero) is 1. The SMILES string of the molecule is CN(C)[C@H]1CC[C@@]2(C)C(CC[C@@H]3C2CC[C@]2(C)C(=O)CC[C@@]32C)C1. The summed E-state index contributed by atoms with van der Waals surface area (Å²) in [5.41, 5.74) is 0.795. The van der Waals surface area contributed by atoms with E-state index >= 15 is 0 Å². The molecule has 4 saturated carbocycles. The number of fused-ring (bicyclic) bond motifs is 5. The second kappa shape index (κ2) is 5.32. The van der Waals surface area contributed by atoms with E-state index in [1.54, 1.807) is 0 Å². The molecule has 0 aliphatic heterocycles. The fraction of sp³-hybridized carbons (Fsp3) is 0.955. The van der Waals surface area contributed by atoms with Crippen molar-refractivity contribution < 1.29 is 4.79 Å². The minimum atomic E-state index is -0.0157. The molecule has 4 aliphatic carbocycles. The lowest BCUT2D eigenvalue weighted by atomic mass is 9.41. The van der Waals surface area contributed by atoms with Gasteiger partial charge in [-0.15, -0.1) is 0 Å². The highest BCUT2D eigenvalue weighted by Gasteiger charge is 2.65. The molecular weight excluding hydrogens is 294 g/mol. The van der Waals surface area contributed by atoms with E-state index in [2.05, 4.69) is 39.8 Å². The number of carbonyl (C=O) groups excluding carboxylic acids is 1. The summed E-state index contributed by atoms with van der Waals surface area (Å²) < 4.78 is 0. The van der Waals surface area contributed by atoms with Gasteiger partial charge in [-0.3, -0.25) is 4.79 Å². The lowest BCUT2D eigenvalue weighted by Crippen LogP contribution is -2.58. The Balaban J connectivity index is 1.63. The summed E-state index contributed by atoms with van der Waals surface area (Å²) in [7, 11) is 4.52. The van der Waals surface area contributed by atoms with E-state index in [1.165, 1.54) is 38.5 Å². The normalized spacial score (nSPS) is 54.3. The molecule has 0 N–H and O–H groups in total. The average Bonchev–Trinajstić information content (AvgIpc) is 2.78. The van der Waals surface area contributed by atoms with Crippen molar-refractivity contribution >= 4 is 5.78 Å². The first-order valence-electron chi connectivity index (χ1n) is 10.4. The number of hydrogen-bond donors (Lipinski definition) is 0. The van der Waals surface area contributed by atoms with Gasteiger partial charge in [0, 0.05) is 17.9 Å². The van der Waals surface area contributed by atoms with E-state index in [9.17, 15) is 4.79 Å². The summed E-state index contributed by atoms with van der Waals surface area (Å²) in [4.78, 5) is 15.1. The highest BCUT2D eigenvalue weighted by Crippen LogP contribution is 2.70. The van der Waals surface area contributed by atoms with Crippen LogP contribution in [0.5, 0.6) is 0 Å². The van der Waals surface area contributed by atoms with Gasteiger partial charge >= 0.3 is 0 Å². The Hall–Kier alpha value is -0.370. The molecule has 0 aromatic heterocycles. The molecule has 0 radical (unpaired) electrons. The molecular formula is C22H37NO. The topological polar surface area (TPSA) is 20.3 Å². The van der Waals surface area contributed by atoms with Crippen molar-refractivity contribution in [3.63, 3.8) is 0 Å². The van der Waals surface area contributed by atoms with Crippen molar-refractivity contribution in [3.8, 4) is 0 Å². The molecule has 2 nitrogen and oxygen atoms in total. The number of carbonyl (C=O) groups is 1. The predicted octanol–water partition coefficient (Wildman–Crippen LogP) is 4.92. The van der Waals surface area contributed by atoms with Gasteiger partial charge in [0.1, 0.15) is 5.78 Å². The highest BCUT2D eigenvalue weighted by atomic mass is 16.1. The van der Waals surface area contributed by atoms with Crippen molar-refractivity contribution in [2.45, 2.75) is 84.6 Å². The fourth-order valence-corrected chi connectivity index (χ4v) is 7.84. The lowest BCUT2D eigenvalue weighted by Gasteiger charge is -2.64. The molecule has 0 aromatic rings. The maximum absolute atomic E-state index is 12.7. The van der Waals surface area contributed by atoms with Crippen molar-refractivity contribution in [2.24, 2.45) is 34.0 Å². The Morgan fingerprint density at radius 2 is 1.67 bits per heavy atom. The van der Waals surface area contributed by atoms with Crippen LogP contribution in [0, 0.1) is 34.0 Å². The van der Waals surface area contributed by atoms with Crippen LogP contribution in [-0.4, -0.2) is 30.8 Å². The van der Waals surface area contributed by atoms with Crippen molar-refractivity contribution in [1.82, 2.24) is 4.90 Å². The van der Waals surface area contributed by atoms with Crippen LogP contribution in [0.1, 0.15) is 78.6 Å². The van der Waals surface area contributed by atoms with Gasteiger partial charge in [-0.25, -0.2) is 0 Å². The Morgan fingerprint density at radius 3 is 2.38 bits per heavy atom. The van der Waals surface area contributed by atoms with E-state index < -0.39 is 0 Å². The number of hydrogen-bond acceptors (Lipinski definition) is 2. The fourth-order valence-electron chi connectivity index (χ4n) is 7.84. The molecule has 2 unspecified atom stereocenters. The maximum atomic E-state index is 12.7. The van der Waals surface area contributed by atoms with Gasteiger partial charge in [0.25, 0.3) is 0 Å². The first kappa shape index (κ1) is 17.1. The van der Waals surface area contributed by atoms with Gasteiger partial charge in [0.15, 0.2) is 0 Å². The third-order valence-corrected chi connectivity index (χ3v) is 9.92. The molecule has 0 bridgehead atoms. The summed E-state index contributed by atoms with van der Waals surface area (Å²) in [5.74, 6) is 3.14. The molecule has 4 aliphatic rings. The van der Waals surface area contributed by atoms with Crippen molar-refractivity contribution in [1.29, 1.82) is 0 Å². The molecule has 0 saturated heterocycles. The second-order valence-electron chi connectivity index (χ2n) is 10.6. The van der Waals surface area contributed by atoms with Crippen LogP contribution in [0.15, 0.2) is 0 Å². The van der Waals surface area contributed by atoms with Crippen molar-refractivity contribution in [3.05, 3.63) is 0 Å². The second-order valence-corrected chi connectivity index (χ2v) is 10.6. The van der Waals surface area contributed by atoms with Gasteiger partial charge in [0.05, 0.1) is 0 Å². The lowest BCUT2D eigenvalue weighted by molar-refractivity contribution is -0.160. The summed E-state index contributed by atoms with van der Waals surface area (Å²) >= 11 is 0. The van der Waals surface area contributed by atoms with Gasteiger partial charge in [-0.2, -0.15) is 0 Å². The molecule has 0 heterocycles. The average molecular weight is 332 g/mol. The predicted molar refractivity (Wildman–Crippen MR) is 98.8 cm³/mol. The number of ketones is 1. The summed E-state index contributed by atoms with van der Waals surface area (Å²) in [6.45, 7) is 7.43. The van der Waals surface area contributed by atoms with E-state index in [0.29, 0.717) is 11.2 Å². The van der Waals surface area contributed by atoms with Gasteiger partial charge in [-0.1, -0.05) is 20.8 Å². The van der Waals surface area contributed by atoms with E-state index in [-0.39, 0.29) is 10.8 Å². The molecule has 0 spiro atoms. The largest absolute Gasteiger partial charge is 0.306 e. The molecule has 0 aromatic carbocycles.